The Balaban J connectivity index is 2.20. The lowest BCUT2D eigenvalue weighted by atomic mass is 10.2. The fourth-order valence-electron chi connectivity index (χ4n) is 2.14. The van der Waals surface area contributed by atoms with Gasteiger partial charge in [0.05, 0.1) is 11.0 Å². The normalized spacial score (nSPS) is 10.9. The van der Waals surface area contributed by atoms with Gasteiger partial charge in [0.15, 0.2) is 0 Å². The van der Waals surface area contributed by atoms with Crippen molar-refractivity contribution in [1.29, 1.82) is 0 Å². The number of nitrogens with zero attached hydrogens (tertiary/aromatic N) is 3. The second-order valence-electron chi connectivity index (χ2n) is 4.83. The van der Waals surface area contributed by atoms with Crippen LogP contribution in [0.15, 0.2) is 18.2 Å². The van der Waals surface area contributed by atoms with E-state index in [-0.39, 0.29) is 5.91 Å². The Bertz CT molecular complexity index is 603. The van der Waals surface area contributed by atoms with E-state index in [9.17, 15) is 4.79 Å². The largest absolute Gasteiger partial charge is 0.341 e. The summed E-state index contributed by atoms with van der Waals surface area (Å²) in [7, 11) is 3.80. The molecular formula is C14H20N4O. The van der Waals surface area contributed by atoms with Gasteiger partial charge in [0, 0.05) is 33.6 Å². The van der Waals surface area contributed by atoms with Gasteiger partial charge in [0.25, 0.3) is 0 Å². The van der Waals surface area contributed by atoms with Crippen molar-refractivity contribution in [3.63, 3.8) is 0 Å². The van der Waals surface area contributed by atoms with Crippen molar-refractivity contribution in [1.82, 2.24) is 14.5 Å². The second kappa shape index (κ2) is 5.40. The summed E-state index contributed by atoms with van der Waals surface area (Å²) >= 11 is 0. The summed E-state index contributed by atoms with van der Waals surface area (Å²) in [6, 6.07) is 6.12. The summed E-state index contributed by atoms with van der Waals surface area (Å²) in [4.78, 5) is 17.9. The van der Waals surface area contributed by atoms with Crippen LogP contribution in [-0.4, -0.2) is 34.0 Å². The Hall–Kier alpha value is -1.88. The predicted octanol–water partition coefficient (Wildman–Crippen LogP) is 1.19. The molecule has 0 radical (unpaired) electrons. The molecule has 1 aromatic heterocycles. The van der Waals surface area contributed by atoms with E-state index in [1.807, 2.05) is 32.2 Å². The fourth-order valence-corrected chi connectivity index (χ4v) is 2.14. The Labute approximate surface area is 113 Å². The minimum atomic E-state index is 0.0693. The van der Waals surface area contributed by atoms with Gasteiger partial charge in [-0.1, -0.05) is 6.07 Å². The number of imidazole rings is 1. The number of fused-ring (bicyclic) bond motifs is 1. The molecule has 0 aliphatic rings. The van der Waals surface area contributed by atoms with E-state index in [0.717, 1.165) is 22.4 Å². The number of nitrogens with two attached hydrogens (primary N) is 1. The molecular weight excluding hydrogens is 240 g/mol. The van der Waals surface area contributed by atoms with E-state index in [1.165, 1.54) is 0 Å². The number of carbonyl (C=O) groups is 1. The summed E-state index contributed by atoms with van der Waals surface area (Å²) in [5.74, 6) is 1.06. The molecule has 19 heavy (non-hydrogen) atoms. The number of benzene rings is 1. The molecule has 0 spiro atoms. The number of carbonyl (C=O) groups excluding carboxylic acids is 1. The van der Waals surface area contributed by atoms with E-state index in [4.69, 9.17) is 5.73 Å². The Kier molecular flexibility index (Phi) is 3.85. The molecule has 2 N–H and O–H groups in total. The molecule has 5 heteroatoms. The third kappa shape index (κ3) is 2.76. The van der Waals surface area contributed by atoms with Crippen molar-refractivity contribution in [3.05, 3.63) is 29.6 Å². The number of aryl methyl sites for hydroxylation is 2. The van der Waals surface area contributed by atoms with E-state index in [2.05, 4.69) is 9.55 Å². The standard InChI is InChI=1S/C14H20N4O/c1-10-16-12-8-11(4-5-13(12)18(10)3)9-17(2)14(19)6-7-15/h4-5,8H,6-7,9,15H2,1-3H3. The summed E-state index contributed by atoms with van der Waals surface area (Å²) in [5, 5.41) is 0. The lowest BCUT2D eigenvalue weighted by molar-refractivity contribution is -0.130. The molecule has 2 aromatic rings. The van der Waals surface area contributed by atoms with Crippen molar-refractivity contribution < 1.29 is 4.79 Å². The number of amides is 1. The first-order chi connectivity index (χ1) is 9.02. The number of hydrogen-bond donors (Lipinski definition) is 1. The molecule has 0 bridgehead atoms. The lowest BCUT2D eigenvalue weighted by Gasteiger charge is -2.16. The van der Waals surface area contributed by atoms with Gasteiger partial charge in [-0.3, -0.25) is 4.79 Å². The highest BCUT2D eigenvalue weighted by atomic mass is 16.2. The summed E-state index contributed by atoms with van der Waals surface area (Å²) in [6.07, 6.45) is 0.390. The lowest BCUT2D eigenvalue weighted by Crippen LogP contribution is -2.27. The van der Waals surface area contributed by atoms with Crippen molar-refractivity contribution in [2.45, 2.75) is 19.9 Å². The third-order valence-electron chi connectivity index (χ3n) is 3.37. The summed E-state index contributed by atoms with van der Waals surface area (Å²) in [6.45, 7) is 2.96. The zero-order valence-electron chi connectivity index (χ0n) is 11.7. The zero-order chi connectivity index (χ0) is 14.0. The van der Waals surface area contributed by atoms with Crippen LogP contribution in [0.3, 0.4) is 0 Å². The highest BCUT2D eigenvalue weighted by molar-refractivity contribution is 5.78. The van der Waals surface area contributed by atoms with Crippen LogP contribution in [0.5, 0.6) is 0 Å². The predicted molar refractivity (Wildman–Crippen MR) is 75.6 cm³/mol. The van der Waals surface area contributed by atoms with Gasteiger partial charge >= 0.3 is 0 Å². The maximum Gasteiger partial charge on any atom is 0.223 e. The first-order valence-corrected chi connectivity index (χ1v) is 6.39. The van der Waals surface area contributed by atoms with E-state index in [0.29, 0.717) is 19.5 Å². The van der Waals surface area contributed by atoms with Gasteiger partial charge in [0.1, 0.15) is 5.82 Å². The average molecular weight is 260 g/mol. The van der Waals surface area contributed by atoms with Crippen molar-refractivity contribution >= 4 is 16.9 Å². The van der Waals surface area contributed by atoms with Gasteiger partial charge < -0.3 is 15.2 Å². The average Bonchev–Trinajstić information content (AvgIpc) is 2.65. The summed E-state index contributed by atoms with van der Waals surface area (Å²) < 4.78 is 2.06. The SMILES string of the molecule is Cc1nc2cc(CN(C)C(=O)CCN)ccc2n1C. The van der Waals surface area contributed by atoms with Crippen molar-refractivity contribution in [2.75, 3.05) is 13.6 Å². The number of hydrogen-bond acceptors (Lipinski definition) is 3. The highest BCUT2D eigenvalue weighted by Crippen LogP contribution is 2.17. The fraction of sp³-hybridized carbons (Fsp3) is 0.429. The van der Waals surface area contributed by atoms with Gasteiger partial charge in [0.2, 0.25) is 5.91 Å². The third-order valence-corrected chi connectivity index (χ3v) is 3.37. The van der Waals surface area contributed by atoms with Crippen LogP contribution < -0.4 is 5.73 Å². The van der Waals surface area contributed by atoms with Gasteiger partial charge in [-0.25, -0.2) is 4.98 Å². The molecule has 0 aliphatic heterocycles. The van der Waals surface area contributed by atoms with Crippen LogP contribution >= 0.6 is 0 Å². The Morgan fingerprint density at radius 3 is 2.89 bits per heavy atom. The minimum absolute atomic E-state index is 0.0693. The maximum absolute atomic E-state index is 11.7. The van der Waals surface area contributed by atoms with E-state index in [1.54, 1.807) is 11.9 Å². The molecule has 1 aromatic carbocycles. The molecule has 102 valence electrons. The van der Waals surface area contributed by atoms with Crippen LogP contribution in [0.1, 0.15) is 17.8 Å². The second-order valence-corrected chi connectivity index (χ2v) is 4.83. The maximum atomic E-state index is 11.7. The molecule has 0 saturated carbocycles. The first kappa shape index (κ1) is 13.5. The van der Waals surface area contributed by atoms with Gasteiger partial charge in [-0.2, -0.15) is 0 Å². The zero-order valence-corrected chi connectivity index (χ0v) is 11.7. The van der Waals surface area contributed by atoms with Crippen LogP contribution in [0.2, 0.25) is 0 Å². The molecule has 1 heterocycles. The quantitative estimate of drug-likeness (QED) is 0.898. The van der Waals surface area contributed by atoms with Crippen LogP contribution in [-0.2, 0) is 18.4 Å². The number of rotatable bonds is 4. The van der Waals surface area contributed by atoms with Crippen molar-refractivity contribution in [2.24, 2.45) is 12.8 Å². The van der Waals surface area contributed by atoms with Gasteiger partial charge in [-0.15, -0.1) is 0 Å². The van der Waals surface area contributed by atoms with Crippen LogP contribution in [0, 0.1) is 6.92 Å². The van der Waals surface area contributed by atoms with Crippen LogP contribution in [0.4, 0.5) is 0 Å². The van der Waals surface area contributed by atoms with E-state index < -0.39 is 0 Å². The summed E-state index contributed by atoms with van der Waals surface area (Å²) in [5.41, 5.74) is 8.55. The molecule has 0 atom stereocenters. The highest BCUT2D eigenvalue weighted by Gasteiger charge is 2.10. The molecule has 0 aliphatic carbocycles. The van der Waals surface area contributed by atoms with Crippen molar-refractivity contribution in [3.8, 4) is 0 Å². The molecule has 2 rings (SSSR count). The first-order valence-electron chi connectivity index (χ1n) is 6.39. The molecule has 5 nitrogen and oxygen atoms in total. The number of aromatic nitrogens is 2. The van der Waals surface area contributed by atoms with E-state index >= 15 is 0 Å². The molecule has 0 saturated heterocycles. The minimum Gasteiger partial charge on any atom is -0.341 e. The topological polar surface area (TPSA) is 64.2 Å². The smallest absolute Gasteiger partial charge is 0.223 e. The molecule has 0 unspecified atom stereocenters. The Morgan fingerprint density at radius 1 is 1.47 bits per heavy atom. The monoisotopic (exact) mass is 260 g/mol. The Morgan fingerprint density at radius 2 is 2.21 bits per heavy atom. The van der Waals surface area contributed by atoms with Gasteiger partial charge in [-0.05, 0) is 24.6 Å². The molecule has 1 amide bonds. The molecule has 0 fully saturated rings. The van der Waals surface area contributed by atoms with Crippen LogP contribution in [0.25, 0.3) is 11.0 Å².